The summed E-state index contributed by atoms with van der Waals surface area (Å²) in [6.07, 6.45) is 0.451. The second kappa shape index (κ2) is 9.02. The van der Waals surface area contributed by atoms with Crippen LogP contribution in [0.15, 0.2) is 18.2 Å². The lowest BCUT2D eigenvalue weighted by atomic mass is 10.1. The molecule has 0 atom stereocenters. The number of rotatable bonds is 9. The Morgan fingerprint density at radius 2 is 2.00 bits per heavy atom. The summed E-state index contributed by atoms with van der Waals surface area (Å²) >= 11 is 0. The Kier molecular flexibility index (Phi) is 7.38. The number of nitrogens with zero attached hydrogens (tertiary/aromatic N) is 1. The van der Waals surface area contributed by atoms with Crippen molar-refractivity contribution in [3.8, 4) is 11.5 Å². The summed E-state index contributed by atoms with van der Waals surface area (Å²) in [6, 6.07) is 5.08. The van der Waals surface area contributed by atoms with Crippen LogP contribution in [-0.2, 0) is 4.79 Å². The summed E-state index contributed by atoms with van der Waals surface area (Å²) in [4.78, 5) is 24.6. The Labute approximate surface area is 137 Å². The molecule has 0 aromatic heterocycles. The lowest BCUT2D eigenvalue weighted by molar-refractivity contribution is -0.137. The molecule has 0 fully saturated rings. The third kappa shape index (κ3) is 6.18. The fourth-order valence-electron chi connectivity index (χ4n) is 1.96. The highest BCUT2D eigenvalue weighted by Gasteiger charge is 2.18. The van der Waals surface area contributed by atoms with Crippen molar-refractivity contribution >= 4 is 11.9 Å². The van der Waals surface area contributed by atoms with Crippen LogP contribution >= 0.6 is 0 Å². The van der Waals surface area contributed by atoms with Crippen LogP contribution < -0.4 is 9.47 Å². The normalized spacial score (nSPS) is 10.5. The van der Waals surface area contributed by atoms with Gasteiger partial charge in [-0.05, 0) is 24.5 Å². The van der Waals surface area contributed by atoms with E-state index in [9.17, 15) is 9.59 Å². The van der Waals surface area contributed by atoms with E-state index in [2.05, 4.69) is 0 Å². The van der Waals surface area contributed by atoms with Gasteiger partial charge >= 0.3 is 5.97 Å². The minimum atomic E-state index is -0.865. The number of methoxy groups -OCH3 is 1. The molecule has 0 radical (unpaired) electrons. The molecule has 1 N–H and O–H groups in total. The molecule has 0 aliphatic rings. The molecular formula is C17H25NO5. The summed E-state index contributed by atoms with van der Waals surface area (Å²) in [5.74, 6) is 0.368. The first-order valence-corrected chi connectivity index (χ1v) is 7.63. The van der Waals surface area contributed by atoms with Gasteiger partial charge < -0.3 is 19.5 Å². The van der Waals surface area contributed by atoms with Crippen molar-refractivity contribution in [2.24, 2.45) is 5.92 Å². The van der Waals surface area contributed by atoms with Gasteiger partial charge in [-0.3, -0.25) is 9.59 Å². The summed E-state index contributed by atoms with van der Waals surface area (Å²) in [5.41, 5.74) is 0.448. The van der Waals surface area contributed by atoms with Gasteiger partial charge in [-0.2, -0.15) is 0 Å². The van der Waals surface area contributed by atoms with Crippen LogP contribution in [0.3, 0.4) is 0 Å². The maximum absolute atomic E-state index is 12.5. The Morgan fingerprint density at radius 1 is 1.30 bits per heavy atom. The van der Waals surface area contributed by atoms with Gasteiger partial charge in [0.15, 0.2) is 0 Å². The number of ether oxygens (including phenoxy) is 2. The minimum Gasteiger partial charge on any atom is -0.497 e. The molecule has 0 saturated heterocycles. The fraction of sp³-hybridized carbons (Fsp3) is 0.529. The van der Waals surface area contributed by atoms with Crippen molar-refractivity contribution in [2.45, 2.75) is 26.7 Å². The highest BCUT2D eigenvalue weighted by atomic mass is 16.5. The third-order valence-electron chi connectivity index (χ3n) is 3.22. The van der Waals surface area contributed by atoms with E-state index in [0.717, 1.165) is 0 Å². The summed E-state index contributed by atoms with van der Waals surface area (Å²) < 4.78 is 10.9. The Hall–Kier alpha value is -2.24. The Balaban J connectivity index is 2.86. The van der Waals surface area contributed by atoms with Crippen LogP contribution in [0.1, 0.15) is 37.0 Å². The van der Waals surface area contributed by atoms with Gasteiger partial charge in [0, 0.05) is 26.1 Å². The maximum Gasteiger partial charge on any atom is 0.303 e. The lowest BCUT2D eigenvalue weighted by Gasteiger charge is -2.20. The van der Waals surface area contributed by atoms with Crippen LogP contribution in [0.5, 0.6) is 11.5 Å². The molecule has 1 aromatic rings. The van der Waals surface area contributed by atoms with Gasteiger partial charge in [0.1, 0.15) is 11.5 Å². The number of hydrogen-bond acceptors (Lipinski definition) is 4. The average Bonchev–Trinajstić information content (AvgIpc) is 2.51. The predicted octanol–water partition coefficient (Wildman–Crippen LogP) is 2.67. The fourth-order valence-corrected chi connectivity index (χ4v) is 1.96. The molecule has 1 amide bonds. The standard InChI is InChI=1S/C17H25NO5/c1-12(2)11-23-15-10-13(22-4)7-8-14(15)17(21)18(3)9-5-6-16(19)20/h7-8,10,12H,5-6,9,11H2,1-4H3,(H,19,20). The van der Waals surface area contributed by atoms with Crippen LogP contribution in [0.4, 0.5) is 0 Å². The number of carboxylic acid groups (broad SMARTS) is 1. The van der Waals surface area contributed by atoms with Gasteiger partial charge in [-0.1, -0.05) is 13.8 Å². The summed E-state index contributed by atoms with van der Waals surface area (Å²) in [7, 11) is 3.21. The van der Waals surface area contributed by atoms with Gasteiger partial charge in [-0.25, -0.2) is 0 Å². The summed E-state index contributed by atoms with van der Waals surface area (Å²) in [5, 5.41) is 8.67. The van der Waals surface area contributed by atoms with Gasteiger partial charge in [0.2, 0.25) is 0 Å². The van der Waals surface area contributed by atoms with Crippen molar-refractivity contribution in [1.29, 1.82) is 0 Å². The van der Waals surface area contributed by atoms with E-state index in [1.807, 2.05) is 13.8 Å². The second-order valence-corrected chi connectivity index (χ2v) is 5.79. The van der Waals surface area contributed by atoms with Crippen LogP contribution in [0.25, 0.3) is 0 Å². The number of carbonyl (C=O) groups is 2. The molecule has 6 nitrogen and oxygen atoms in total. The quantitative estimate of drug-likeness (QED) is 0.756. The van der Waals surface area contributed by atoms with Gasteiger partial charge in [0.05, 0.1) is 19.3 Å². The predicted molar refractivity (Wildman–Crippen MR) is 87.2 cm³/mol. The molecule has 0 heterocycles. The number of amides is 1. The highest BCUT2D eigenvalue weighted by molar-refractivity contribution is 5.97. The third-order valence-corrected chi connectivity index (χ3v) is 3.22. The van der Waals surface area contributed by atoms with Crippen molar-refractivity contribution in [1.82, 2.24) is 4.90 Å². The number of aliphatic carboxylic acids is 1. The van der Waals surface area contributed by atoms with E-state index in [-0.39, 0.29) is 12.3 Å². The van der Waals surface area contributed by atoms with Crippen LogP contribution in [-0.4, -0.2) is 49.2 Å². The lowest BCUT2D eigenvalue weighted by Crippen LogP contribution is -2.28. The first-order chi connectivity index (χ1) is 10.8. The Bertz CT molecular complexity index is 542. The van der Waals surface area contributed by atoms with Crippen LogP contribution in [0.2, 0.25) is 0 Å². The molecule has 0 bridgehead atoms. The van der Waals surface area contributed by atoms with Crippen molar-refractivity contribution < 1.29 is 24.2 Å². The average molecular weight is 323 g/mol. The molecule has 1 rings (SSSR count). The first kappa shape index (κ1) is 18.8. The maximum atomic E-state index is 12.5. The number of hydrogen-bond donors (Lipinski definition) is 1. The minimum absolute atomic E-state index is 0.0386. The number of benzene rings is 1. The Morgan fingerprint density at radius 3 is 2.57 bits per heavy atom. The molecule has 0 spiro atoms. The second-order valence-electron chi connectivity index (χ2n) is 5.79. The van der Waals surface area contributed by atoms with E-state index in [1.54, 1.807) is 32.4 Å². The van der Waals surface area contributed by atoms with E-state index in [1.165, 1.54) is 4.90 Å². The molecule has 128 valence electrons. The summed E-state index contributed by atoms with van der Waals surface area (Å²) in [6.45, 7) is 4.93. The zero-order valence-electron chi connectivity index (χ0n) is 14.2. The van der Waals surface area contributed by atoms with Gasteiger partial charge in [0.25, 0.3) is 5.91 Å². The molecular weight excluding hydrogens is 298 g/mol. The SMILES string of the molecule is COc1ccc(C(=O)N(C)CCCC(=O)O)c(OCC(C)C)c1. The van der Waals surface area contributed by atoms with Gasteiger partial charge in [-0.15, -0.1) is 0 Å². The zero-order valence-corrected chi connectivity index (χ0v) is 14.2. The smallest absolute Gasteiger partial charge is 0.303 e. The van der Waals surface area contributed by atoms with Crippen LogP contribution in [0, 0.1) is 5.92 Å². The van der Waals surface area contributed by atoms with Crippen molar-refractivity contribution in [3.63, 3.8) is 0 Å². The number of carbonyl (C=O) groups excluding carboxylic acids is 1. The molecule has 0 aliphatic carbocycles. The first-order valence-electron chi connectivity index (χ1n) is 7.63. The molecule has 0 aliphatic heterocycles. The topological polar surface area (TPSA) is 76.1 Å². The van der Waals surface area contributed by atoms with E-state index < -0.39 is 5.97 Å². The number of carboxylic acids is 1. The molecule has 1 aromatic carbocycles. The largest absolute Gasteiger partial charge is 0.497 e. The van der Waals surface area contributed by atoms with Crippen molar-refractivity contribution in [2.75, 3.05) is 27.3 Å². The van der Waals surface area contributed by atoms with E-state index in [4.69, 9.17) is 14.6 Å². The monoisotopic (exact) mass is 323 g/mol. The van der Waals surface area contributed by atoms with E-state index >= 15 is 0 Å². The van der Waals surface area contributed by atoms with Crippen molar-refractivity contribution in [3.05, 3.63) is 23.8 Å². The highest BCUT2D eigenvalue weighted by Crippen LogP contribution is 2.26. The molecule has 23 heavy (non-hydrogen) atoms. The molecule has 0 saturated carbocycles. The zero-order chi connectivity index (χ0) is 17.4. The van der Waals surface area contributed by atoms with E-state index in [0.29, 0.717) is 42.6 Å². The molecule has 0 unspecified atom stereocenters. The molecule has 6 heteroatoms.